The third-order valence-electron chi connectivity index (χ3n) is 2.22. The molecule has 0 rings (SSSR count). The van der Waals surface area contributed by atoms with Crippen molar-refractivity contribution >= 4 is 0 Å². The maximum Gasteiger partial charge on any atom is 0.0660 e. The highest BCUT2D eigenvalue weighted by Crippen LogP contribution is 2.18. The molecule has 1 atom stereocenters. The molecule has 0 bridgehead atoms. The molecule has 0 saturated heterocycles. The van der Waals surface area contributed by atoms with Crippen molar-refractivity contribution in [3.63, 3.8) is 0 Å². The van der Waals surface area contributed by atoms with E-state index in [0.29, 0.717) is 5.92 Å². The lowest BCUT2D eigenvalue weighted by Gasteiger charge is -2.30. The fourth-order valence-corrected chi connectivity index (χ4v) is 0.753. The fraction of sp³-hybridized carbons (Fsp3) is 1.00. The molecule has 0 saturated carbocycles. The molecule has 62 valence electrons. The molecule has 1 unspecified atom stereocenters. The predicted molar refractivity (Wildman–Crippen MR) is 44.2 cm³/mol. The third-order valence-corrected chi connectivity index (χ3v) is 2.22. The standard InChI is InChI=1S/C8H19NO/c1-7(6-9-4)8(2,3)10-5/h7,9H,6H2,1-5H3. The SMILES string of the molecule is CNCC(C)C(C)(C)OC. The van der Waals surface area contributed by atoms with Crippen LogP contribution in [0.15, 0.2) is 0 Å². The Hall–Kier alpha value is -0.0800. The Kier molecular flexibility index (Phi) is 3.91. The van der Waals surface area contributed by atoms with Crippen LogP contribution in [0.1, 0.15) is 20.8 Å². The first kappa shape index (κ1) is 9.92. The van der Waals surface area contributed by atoms with Gasteiger partial charge in [0.05, 0.1) is 5.60 Å². The van der Waals surface area contributed by atoms with E-state index in [-0.39, 0.29) is 5.60 Å². The van der Waals surface area contributed by atoms with Crippen molar-refractivity contribution in [1.29, 1.82) is 0 Å². The Bertz CT molecular complexity index is 91.3. The van der Waals surface area contributed by atoms with E-state index >= 15 is 0 Å². The second-order valence-electron chi connectivity index (χ2n) is 3.27. The molecule has 0 aliphatic heterocycles. The van der Waals surface area contributed by atoms with E-state index in [1.807, 2.05) is 7.05 Å². The molecule has 0 aromatic rings. The zero-order chi connectivity index (χ0) is 8.20. The maximum absolute atomic E-state index is 5.31. The number of hydrogen-bond acceptors (Lipinski definition) is 2. The molecule has 2 heteroatoms. The highest BCUT2D eigenvalue weighted by atomic mass is 16.5. The number of rotatable bonds is 4. The number of ether oxygens (including phenoxy) is 1. The van der Waals surface area contributed by atoms with Crippen molar-refractivity contribution in [3.8, 4) is 0 Å². The van der Waals surface area contributed by atoms with Crippen molar-refractivity contribution < 1.29 is 4.74 Å². The lowest BCUT2D eigenvalue weighted by atomic mass is 9.93. The van der Waals surface area contributed by atoms with Gasteiger partial charge >= 0.3 is 0 Å². The molecule has 0 fully saturated rings. The van der Waals surface area contributed by atoms with Gasteiger partial charge in [0.15, 0.2) is 0 Å². The van der Waals surface area contributed by atoms with Gasteiger partial charge in [0.1, 0.15) is 0 Å². The molecule has 1 N–H and O–H groups in total. The lowest BCUT2D eigenvalue weighted by Crippen LogP contribution is -2.37. The van der Waals surface area contributed by atoms with Crippen LogP contribution in [0.4, 0.5) is 0 Å². The van der Waals surface area contributed by atoms with Crippen molar-refractivity contribution in [2.75, 3.05) is 20.7 Å². The number of nitrogens with one attached hydrogen (secondary N) is 1. The maximum atomic E-state index is 5.31. The quantitative estimate of drug-likeness (QED) is 0.643. The van der Waals surface area contributed by atoms with Crippen LogP contribution in [0.2, 0.25) is 0 Å². The molecule has 0 aromatic carbocycles. The summed E-state index contributed by atoms with van der Waals surface area (Å²) in [5.41, 5.74) is -0.0109. The Morgan fingerprint density at radius 3 is 2.30 bits per heavy atom. The minimum absolute atomic E-state index is 0.0109. The third kappa shape index (κ3) is 2.67. The highest BCUT2D eigenvalue weighted by Gasteiger charge is 2.23. The van der Waals surface area contributed by atoms with Gasteiger partial charge in [-0.05, 0) is 26.8 Å². The normalized spacial score (nSPS) is 15.3. The topological polar surface area (TPSA) is 21.3 Å². The largest absolute Gasteiger partial charge is 0.378 e. The van der Waals surface area contributed by atoms with Gasteiger partial charge in [0.2, 0.25) is 0 Å². The summed E-state index contributed by atoms with van der Waals surface area (Å²) in [6.07, 6.45) is 0. The molecule has 0 aromatic heterocycles. The Morgan fingerprint density at radius 1 is 1.50 bits per heavy atom. The van der Waals surface area contributed by atoms with E-state index in [2.05, 4.69) is 26.1 Å². The Balaban J connectivity index is 3.78. The van der Waals surface area contributed by atoms with Crippen LogP contribution >= 0.6 is 0 Å². The highest BCUT2D eigenvalue weighted by molar-refractivity contribution is 4.76. The second-order valence-corrected chi connectivity index (χ2v) is 3.27. The van der Waals surface area contributed by atoms with Gasteiger partial charge in [-0.2, -0.15) is 0 Å². The summed E-state index contributed by atoms with van der Waals surface area (Å²) in [6, 6.07) is 0. The van der Waals surface area contributed by atoms with E-state index in [4.69, 9.17) is 4.74 Å². The first-order chi connectivity index (χ1) is 4.54. The van der Waals surface area contributed by atoms with Gasteiger partial charge in [-0.3, -0.25) is 0 Å². The summed E-state index contributed by atoms with van der Waals surface area (Å²) in [7, 11) is 3.72. The van der Waals surface area contributed by atoms with Crippen molar-refractivity contribution in [1.82, 2.24) is 5.32 Å². The molecule has 10 heavy (non-hydrogen) atoms. The summed E-state index contributed by atoms with van der Waals surface area (Å²) < 4.78 is 5.31. The van der Waals surface area contributed by atoms with Gasteiger partial charge < -0.3 is 10.1 Å². The first-order valence-corrected chi connectivity index (χ1v) is 3.74. The molecule has 0 heterocycles. The summed E-state index contributed by atoms with van der Waals surface area (Å²) in [5.74, 6) is 0.544. The van der Waals surface area contributed by atoms with E-state index in [1.165, 1.54) is 0 Å². The van der Waals surface area contributed by atoms with Gasteiger partial charge in [0, 0.05) is 13.7 Å². The lowest BCUT2D eigenvalue weighted by molar-refractivity contribution is -0.0207. The predicted octanol–water partition coefficient (Wildman–Crippen LogP) is 1.27. The van der Waals surface area contributed by atoms with Crippen LogP contribution in [0.3, 0.4) is 0 Å². The number of methoxy groups -OCH3 is 1. The smallest absolute Gasteiger partial charge is 0.0660 e. The average molecular weight is 145 g/mol. The van der Waals surface area contributed by atoms with Crippen LogP contribution in [-0.4, -0.2) is 26.3 Å². The van der Waals surface area contributed by atoms with E-state index in [1.54, 1.807) is 7.11 Å². The van der Waals surface area contributed by atoms with E-state index in [9.17, 15) is 0 Å². The van der Waals surface area contributed by atoms with Crippen LogP contribution in [0.5, 0.6) is 0 Å². The first-order valence-electron chi connectivity index (χ1n) is 3.74. The molecule has 0 amide bonds. The molecular weight excluding hydrogens is 126 g/mol. The molecule has 0 aliphatic rings. The van der Waals surface area contributed by atoms with Gasteiger partial charge in [-0.15, -0.1) is 0 Å². The van der Waals surface area contributed by atoms with Crippen LogP contribution < -0.4 is 5.32 Å². The zero-order valence-corrected chi connectivity index (χ0v) is 7.69. The van der Waals surface area contributed by atoms with Crippen LogP contribution in [0, 0.1) is 5.92 Å². The van der Waals surface area contributed by atoms with Gasteiger partial charge in [-0.25, -0.2) is 0 Å². The Morgan fingerprint density at radius 2 is 2.00 bits per heavy atom. The zero-order valence-electron chi connectivity index (χ0n) is 7.69. The summed E-state index contributed by atoms with van der Waals surface area (Å²) in [5, 5.41) is 3.13. The van der Waals surface area contributed by atoms with E-state index < -0.39 is 0 Å². The van der Waals surface area contributed by atoms with Crippen molar-refractivity contribution in [3.05, 3.63) is 0 Å². The molecular formula is C8H19NO. The van der Waals surface area contributed by atoms with Gasteiger partial charge in [-0.1, -0.05) is 6.92 Å². The van der Waals surface area contributed by atoms with Crippen molar-refractivity contribution in [2.24, 2.45) is 5.92 Å². The summed E-state index contributed by atoms with van der Waals surface area (Å²) >= 11 is 0. The fourth-order valence-electron chi connectivity index (χ4n) is 0.753. The minimum atomic E-state index is -0.0109. The van der Waals surface area contributed by atoms with Crippen molar-refractivity contribution in [2.45, 2.75) is 26.4 Å². The van der Waals surface area contributed by atoms with Crippen LogP contribution in [0.25, 0.3) is 0 Å². The summed E-state index contributed by atoms with van der Waals surface area (Å²) in [6.45, 7) is 7.39. The van der Waals surface area contributed by atoms with Crippen LogP contribution in [-0.2, 0) is 4.74 Å². The Labute approximate surface area is 64.0 Å². The van der Waals surface area contributed by atoms with E-state index in [0.717, 1.165) is 6.54 Å². The summed E-state index contributed by atoms with van der Waals surface area (Å²) in [4.78, 5) is 0. The molecule has 0 aliphatic carbocycles. The molecule has 0 spiro atoms. The minimum Gasteiger partial charge on any atom is -0.378 e. The number of hydrogen-bond donors (Lipinski definition) is 1. The monoisotopic (exact) mass is 145 g/mol. The second kappa shape index (κ2) is 3.94. The van der Waals surface area contributed by atoms with Gasteiger partial charge in [0.25, 0.3) is 0 Å². The molecule has 0 radical (unpaired) electrons. The molecule has 2 nitrogen and oxygen atoms in total. The average Bonchev–Trinajstić information content (AvgIpc) is 1.89.